The molecule has 0 radical (unpaired) electrons. The van der Waals surface area contributed by atoms with Gasteiger partial charge in [0.2, 0.25) is 0 Å². The number of nitriles is 1. The van der Waals surface area contributed by atoms with Crippen LogP contribution in [-0.4, -0.2) is 13.7 Å². The Bertz CT molecular complexity index is 3420. The summed E-state index contributed by atoms with van der Waals surface area (Å²) in [5.41, 5.74) is 12.1. The van der Waals surface area contributed by atoms with E-state index < -0.39 is 0 Å². The average molecular weight is 700 g/mol. The van der Waals surface area contributed by atoms with E-state index in [1.165, 1.54) is 10.8 Å². The van der Waals surface area contributed by atoms with Crippen molar-refractivity contribution >= 4 is 71.1 Å². The van der Waals surface area contributed by atoms with Gasteiger partial charge in [0.05, 0.1) is 56.8 Å². The number of rotatable bonds is 4. The van der Waals surface area contributed by atoms with Crippen LogP contribution in [0.1, 0.15) is 5.56 Å². The fourth-order valence-electron chi connectivity index (χ4n) is 8.87. The number of fused-ring (bicyclic) bond motifs is 9. The third-order valence-electron chi connectivity index (χ3n) is 11.1. The number of aromatic nitrogens is 3. The number of hydrogen-bond donors (Lipinski definition) is 0. The van der Waals surface area contributed by atoms with Crippen molar-refractivity contribution in [1.82, 2.24) is 13.7 Å². The monoisotopic (exact) mass is 699 g/mol. The van der Waals surface area contributed by atoms with Crippen molar-refractivity contribution in [2.45, 2.75) is 0 Å². The first-order chi connectivity index (χ1) is 27.2. The lowest BCUT2D eigenvalue weighted by atomic mass is 9.96. The SMILES string of the molecule is [C-]#[N+]c1ccc2c3ccccc3n(-c3cccc(-c4ccccc4-n4c5ccccc5c5cccc(-n6c7ccccc7c7ccccc76)c54)c3C#N)c2c1. The molecule has 3 aromatic heterocycles. The van der Waals surface area contributed by atoms with E-state index in [-0.39, 0.29) is 0 Å². The van der Waals surface area contributed by atoms with Crippen LogP contribution in [0.5, 0.6) is 0 Å². The number of benzene rings is 8. The highest BCUT2D eigenvalue weighted by Gasteiger charge is 2.23. The van der Waals surface area contributed by atoms with Gasteiger partial charge in [0.1, 0.15) is 6.07 Å². The zero-order valence-corrected chi connectivity index (χ0v) is 29.5. The van der Waals surface area contributed by atoms with Gasteiger partial charge in [-0.3, -0.25) is 0 Å². The zero-order valence-electron chi connectivity index (χ0n) is 29.5. The van der Waals surface area contributed by atoms with Gasteiger partial charge in [-0.2, -0.15) is 5.26 Å². The second-order valence-corrected chi connectivity index (χ2v) is 13.9. The van der Waals surface area contributed by atoms with Crippen LogP contribution in [0.4, 0.5) is 5.69 Å². The Balaban J connectivity index is 1.23. The van der Waals surface area contributed by atoms with Crippen molar-refractivity contribution in [2.75, 3.05) is 0 Å². The minimum atomic E-state index is 0.557. The lowest BCUT2D eigenvalue weighted by molar-refractivity contribution is 1.13. The Hall–Kier alpha value is -7.86. The van der Waals surface area contributed by atoms with Crippen LogP contribution in [0.3, 0.4) is 0 Å². The van der Waals surface area contributed by atoms with E-state index in [4.69, 9.17) is 6.57 Å². The molecule has 5 heteroatoms. The smallest absolute Gasteiger partial charge is 0.189 e. The van der Waals surface area contributed by atoms with Crippen molar-refractivity contribution < 1.29 is 0 Å². The van der Waals surface area contributed by atoms with Gasteiger partial charge in [-0.05, 0) is 48.5 Å². The highest BCUT2D eigenvalue weighted by atomic mass is 15.1. The van der Waals surface area contributed by atoms with E-state index >= 15 is 0 Å². The molecule has 0 N–H and O–H groups in total. The van der Waals surface area contributed by atoms with E-state index in [1.807, 2.05) is 42.5 Å². The maximum atomic E-state index is 11.1. The normalized spacial score (nSPS) is 11.6. The number of para-hydroxylation sites is 6. The molecule has 0 aliphatic heterocycles. The van der Waals surface area contributed by atoms with Gasteiger partial charge in [0, 0.05) is 49.0 Å². The topological polar surface area (TPSA) is 42.9 Å². The third-order valence-corrected chi connectivity index (χ3v) is 11.1. The van der Waals surface area contributed by atoms with Gasteiger partial charge in [-0.25, -0.2) is 4.85 Å². The van der Waals surface area contributed by atoms with Crippen LogP contribution in [-0.2, 0) is 0 Å². The maximum absolute atomic E-state index is 11.1. The van der Waals surface area contributed by atoms with Gasteiger partial charge in [0.25, 0.3) is 0 Å². The number of nitrogens with zero attached hydrogens (tertiary/aromatic N) is 5. The van der Waals surface area contributed by atoms with E-state index in [1.54, 1.807) is 0 Å². The number of hydrogen-bond acceptors (Lipinski definition) is 1. The average Bonchev–Trinajstić information content (AvgIpc) is 3.89. The molecule has 0 aliphatic rings. The van der Waals surface area contributed by atoms with Crippen LogP contribution < -0.4 is 0 Å². The Morgan fingerprint density at radius 3 is 1.49 bits per heavy atom. The van der Waals surface area contributed by atoms with Crippen LogP contribution in [0.2, 0.25) is 0 Å². The van der Waals surface area contributed by atoms with Crippen LogP contribution in [0.15, 0.2) is 176 Å². The highest BCUT2D eigenvalue weighted by molar-refractivity contribution is 6.15. The maximum Gasteiger partial charge on any atom is 0.189 e. The largest absolute Gasteiger partial charge is 0.309 e. The molecule has 0 aliphatic carbocycles. The summed E-state index contributed by atoms with van der Waals surface area (Å²) in [4.78, 5) is 3.75. The van der Waals surface area contributed by atoms with E-state index in [2.05, 4.69) is 158 Å². The molecule has 0 atom stereocenters. The van der Waals surface area contributed by atoms with Gasteiger partial charge in [-0.1, -0.05) is 127 Å². The lowest BCUT2D eigenvalue weighted by Gasteiger charge is -2.19. The van der Waals surface area contributed by atoms with Crippen molar-refractivity contribution in [2.24, 2.45) is 0 Å². The molecule has 11 aromatic rings. The van der Waals surface area contributed by atoms with Gasteiger partial charge >= 0.3 is 0 Å². The Labute approximate surface area is 316 Å². The summed E-state index contributed by atoms with van der Waals surface area (Å²) in [5.74, 6) is 0. The molecule has 0 unspecified atom stereocenters. The molecular weight excluding hydrogens is 671 g/mol. The fraction of sp³-hybridized carbons (Fsp3) is 0. The predicted octanol–water partition coefficient (Wildman–Crippen LogP) is 13.1. The molecule has 0 saturated heterocycles. The summed E-state index contributed by atoms with van der Waals surface area (Å²) in [6, 6.07) is 63.7. The summed E-state index contributed by atoms with van der Waals surface area (Å²) in [5, 5.41) is 18.0. The minimum absolute atomic E-state index is 0.557. The Morgan fingerprint density at radius 1 is 0.400 bits per heavy atom. The first-order valence-corrected chi connectivity index (χ1v) is 18.3. The third kappa shape index (κ3) is 4.33. The first-order valence-electron chi connectivity index (χ1n) is 18.3. The molecule has 0 spiro atoms. The van der Waals surface area contributed by atoms with Crippen molar-refractivity contribution in [3.8, 4) is 34.3 Å². The summed E-state index contributed by atoms with van der Waals surface area (Å²) < 4.78 is 6.92. The zero-order chi connectivity index (χ0) is 36.6. The lowest BCUT2D eigenvalue weighted by Crippen LogP contribution is -2.04. The van der Waals surface area contributed by atoms with Crippen LogP contribution in [0, 0.1) is 17.9 Å². The molecule has 8 aromatic carbocycles. The van der Waals surface area contributed by atoms with Crippen molar-refractivity contribution in [3.63, 3.8) is 0 Å². The molecule has 55 heavy (non-hydrogen) atoms. The van der Waals surface area contributed by atoms with Crippen LogP contribution in [0.25, 0.3) is 98.5 Å². The fourth-order valence-corrected chi connectivity index (χ4v) is 8.87. The molecule has 0 fully saturated rings. The second-order valence-electron chi connectivity index (χ2n) is 13.9. The van der Waals surface area contributed by atoms with Crippen LogP contribution >= 0.6 is 0 Å². The summed E-state index contributed by atoms with van der Waals surface area (Å²) in [6.07, 6.45) is 0. The molecule has 5 nitrogen and oxygen atoms in total. The van der Waals surface area contributed by atoms with Crippen molar-refractivity contribution in [1.29, 1.82) is 5.26 Å². The quantitative estimate of drug-likeness (QED) is 0.169. The second kappa shape index (κ2) is 11.8. The highest BCUT2D eigenvalue weighted by Crippen LogP contribution is 2.43. The first kappa shape index (κ1) is 30.7. The predicted molar refractivity (Wildman–Crippen MR) is 226 cm³/mol. The Morgan fingerprint density at radius 2 is 0.855 bits per heavy atom. The molecule has 254 valence electrons. The summed E-state index contributed by atoms with van der Waals surface area (Å²) in [6.45, 7) is 7.76. The molecule has 0 saturated carbocycles. The van der Waals surface area contributed by atoms with Gasteiger partial charge < -0.3 is 13.7 Å². The standard InChI is InChI=1S/C50H29N5/c1-52-32-28-29-39-37-17-5-9-23-44(37)54(49(39)30-32)47-26-12-19-33(41(47)31-51)34-14-2-10-24-45(34)55-46-25-11-6-18-38(46)40-20-13-27-48(50(40)55)53-42-21-7-3-15-35(42)36-16-4-8-22-43(36)53/h2-30H. The van der Waals surface area contributed by atoms with Gasteiger partial charge in [0.15, 0.2) is 5.69 Å². The molecule has 11 rings (SSSR count). The molecular formula is C50H29N5. The molecule has 3 heterocycles. The van der Waals surface area contributed by atoms with Crippen molar-refractivity contribution in [3.05, 3.63) is 193 Å². The summed E-state index contributed by atoms with van der Waals surface area (Å²) in [7, 11) is 0. The summed E-state index contributed by atoms with van der Waals surface area (Å²) >= 11 is 0. The van der Waals surface area contributed by atoms with Gasteiger partial charge in [-0.15, -0.1) is 0 Å². The minimum Gasteiger partial charge on any atom is -0.309 e. The Kier molecular flexibility index (Phi) is 6.61. The molecule has 0 bridgehead atoms. The van der Waals surface area contributed by atoms with E-state index in [0.29, 0.717) is 11.3 Å². The van der Waals surface area contributed by atoms with E-state index in [0.717, 1.165) is 82.8 Å². The molecule has 0 amide bonds. The van der Waals surface area contributed by atoms with E-state index in [9.17, 15) is 5.26 Å².